The van der Waals surface area contributed by atoms with Crippen molar-refractivity contribution in [3.05, 3.63) is 16.3 Å². The molecule has 88 valence electrons. The number of nitrogens with zero attached hydrogens (tertiary/aromatic N) is 2. The van der Waals surface area contributed by atoms with E-state index in [0.29, 0.717) is 18.2 Å². The molecular weight excluding hydrogens is 234 g/mol. The Morgan fingerprint density at radius 3 is 3.19 bits per heavy atom. The summed E-state index contributed by atoms with van der Waals surface area (Å²) in [6.45, 7) is 1.11. The van der Waals surface area contributed by atoms with Crippen molar-refractivity contribution in [1.29, 1.82) is 0 Å². The lowest BCUT2D eigenvalue weighted by molar-refractivity contribution is -0.380. The van der Waals surface area contributed by atoms with Gasteiger partial charge in [0.15, 0.2) is 5.13 Å². The number of nitro groups is 1. The summed E-state index contributed by atoms with van der Waals surface area (Å²) in [5.74, 6) is 0. The monoisotopic (exact) mass is 245 g/mol. The largest absolute Gasteiger partial charge is 0.386 e. The highest BCUT2D eigenvalue weighted by atomic mass is 32.1. The van der Waals surface area contributed by atoms with Gasteiger partial charge in [-0.1, -0.05) is 0 Å². The summed E-state index contributed by atoms with van der Waals surface area (Å²) in [7, 11) is 0. The molecule has 0 bridgehead atoms. The van der Waals surface area contributed by atoms with Crippen molar-refractivity contribution in [3.8, 4) is 0 Å². The maximum atomic E-state index is 10.4. The SMILES string of the molecule is O=[N+]([O-])c1cnc(NCC2(O)CCOC2)s1. The molecule has 1 unspecified atom stereocenters. The van der Waals surface area contributed by atoms with E-state index in [2.05, 4.69) is 10.3 Å². The molecule has 1 aliphatic heterocycles. The Balaban J connectivity index is 1.91. The van der Waals surface area contributed by atoms with E-state index in [9.17, 15) is 15.2 Å². The minimum atomic E-state index is -0.888. The molecule has 0 aliphatic carbocycles. The fourth-order valence-electron chi connectivity index (χ4n) is 1.41. The standard InChI is InChI=1S/C8H11N3O4S/c12-8(1-2-15-5-8)4-10-7-9-3-6(16-7)11(13)14/h3,12H,1-2,4-5H2,(H,9,10). The molecule has 1 aromatic rings. The molecule has 0 saturated carbocycles. The van der Waals surface area contributed by atoms with Gasteiger partial charge in [0.1, 0.15) is 11.8 Å². The Kier molecular flexibility index (Phi) is 3.03. The average Bonchev–Trinajstić information content (AvgIpc) is 2.84. The summed E-state index contributed by atoms with van der Waals surface area (Å²) < 4.78 is 5.08. The van der Waals surface area contributed by atoms with Crippen LogP contribution in [-0.2, 0) is 4.74 Å². The third-order valence-electron chi connectivity index (χ3n) is 2.32. The summed E-state index contributed by atoms with van der Waals surface area (Å²) in [5, 5.41) is 23.6. The predicted molar refractivity (Wildman–Crippen MR) is 57.6 cm³/mol. The van der Waals surface area contributed by atoms with Crippen molar-refractivity contribution in [2.24, 2.45) is 0 Å². The molecule has 0 spiro atoms. The molecule has 7 nitrogen and oxygen atoms in total. The third kappa shape index (κ3) is 2.46. The molecule has 0 radical (unpaired) electrons. The Labute approximate surface area is 95.2 Å². The van der Waals surface area contributed by atoms with E-state index in [0.717, 1.165) is 11.3 Å². The van der Waals surface area contributed by atoms with Gasteiger partial charge in [-0.05, 0) is 11.3 Å². The molecule has 1 atom stereocenters. The van der Waals surface area contributed by atoms with Crippen LogP contribution < -0.4 is 5.32 Å². The first-order valence-corrected chi connectivity index (χ1v) is 5.55. The molecule has 2 heterocycles. The molecule has 1 fully saturated rings. The summed E-state index contributed by atoms with van der Waals surface area (Å²) in [5.41, 5.74) is -0.888. The fourth-order valence-corrected chi connectivity index (χ4v) is 2.04. The highest BCUT2D eigenvalue weighted by Crippen LogP contribution is 2.26. The molecule has 2 rings (SSSR count). The van der Waals surface area contributed by atoms with Crippen molar-refractivity contribution >= 4 is 21.5 Å². The van der Waals surface area contributed by atoms with Gasteiger partial charge < -0.3 is 15.2 Å². The van der Waals surface area contributed by atoms with Crippen molar-refractivity contribution in [3.63, 3.8) is 0 Å². The second kappa shape index (κ2) is 4.32. The van der Waals surface area contributed by atoms with Crippen LogP contribution in [-0.4, -0.2) is 40.4 Å². The second-order valence-corrected chi connectivity index (χ2v) is 4.65. The van der Waals surface area contributed by atoms with Crippen LogP contribution in [0.25, 0.3) is 0 Å². The van der Waals surface area contributed by atoms with Crippen LogP contribution in [0, 0.1) is 10.1 Å². The van der Waals surface area contributed by atoms with Crippen LogP contribution >= 0.6 is 11.3 Å². The van der Waals surface area contributed by atoms with Crippen molar-refractivity contribution in [1.82, 2.24) is 4.98 Å². The Morgan fingerprint density at radius 1 is 1.81 bits per heavy atom. The number of ether oxygens (including phenoxy) is 1. The molecule has 1 saturated heterocycles. The molecule has 1 aliphatic rings. The van der Waals surface area contributed by atoms with E-state index in [-0.39, 0.29) is 18.2 Å². The van der Waals surface area contributed by atoms with E-state index in [1.807, 2.05) is 0 Å². The zero-order chi connectivity index (χ0) is 11.6. The summed E-state index contributed by atoms with van der Waals surface area (Å²) >= 11 is 0.950. The molecule has 2 N–H and O–H groups in total. The normalized spacial score (nSPS) is 24.6. The number of aromatic nitrogens is 1. The summed E-state index contributed by atoms with van der Waals surface area (Å²) in [4.78, 5) is 13.8. The molecule has 0 amide bonds. The van der Waals surface area contributed by atoms with Crippen LogP contribution in [0.5, 0.6) is 0 Å². The molecule has 8 heteroatoms. The maximum Gasteiger partial charge on any atom is 0.345 e. The quantitative estimate of drug-likeness (QED) is 0.596. The number of hydrogen-bond donors (Lipinski definition) is 2. The number of rotatable bonds is 4. The number of anilines is 1. The van der Waals surface area contributed by atoms with Gasteiger partial charge in [0, 0.05) is 19.6 Å². The van der Waals surface area contributed by atoms with Gasteiger partial charge in [-0.3, -0.25) is 10.1 Å². The topological polar surface area (TPSA) is 97.5 Å². The number of thiazole rings is 1. The Bertz CT molecular complexity index is 388. The molecule has 0 aromatic carbocycles. The van der Waals surface area contributed by atoms with E-state index in [1.165, 1.54) is 6.20 Å². The smallest absolute Gasteiger partial charge is 0.345 e. The van der Waals surface area contributed by atoms with Crippen LogP contribution in [0.2, 0.25) is 0 Å². The third-order valence-corrected chi connectivity index (χ3v) is 3.23. The van der Waals surface area contributed by atoms with Crippen molar-refractivity contribution < 1.29 is 14.8 Å². The number of nitrogens with one attached hydrogen (secondary N) is 1. The maximum absolute atomic E-state index is 10.4. The van der Waals surface area contributed by atoms with Crippen molar-refractivity contribution in [2.45, 2.75) is 12.0 Å². The summed E-state index contributed by atoms with van der Waals surface area (Å²) in [6.07, 6.45) is 1.76. The zero-order valence-electron chi connectivity index (χ0n) is 8.38. The predicted octanol–water partition coefficient (Wildman–Crippen LogP) is 0.615. The zero-order valence-corrected chi connectivity index (χ0v) is 9.20. The second-order valence-electron chi connectivity index (χ2n) is 3.64. The van der Waals surface area contributed by atoms with Gasteiger partial charge in [0.2, 0.25) is 0 Å². The van der Waals surface area contributed by atoms with Gasteiger partial charge in [-0.15, -0.1) is 0 Å². The van der Waals surface area contributed by atoms with E-state index in [4.69, 9.17) is 4.74 Å². The van der Waals surface area contributed by atoms with Crippen LogP contribution in [0.15, 0.2) is 6.20 Å². The highest BCUT2D eigenvalue weighted by Gasteiger charge is 2.32. The van der Waals surface area contributed by atoms with E-state index >= 15 is 0 Å². The fraction of sp³-hybridized carbons (Fsp3) is 0.625. The first-order valence-electron chi connectivity index (χ1n) is 4.73. The van der Waals surface area contributed by atoms with E-state index < -0.39 is 10.5 Å². The Hall–Kier alpha value is -1.25. The first-order chi connectivity index (χ1) is 7.59. The van der Waals surface area contributed by atoms with Crippen molar-refractivity contribution in [2.75, 3.05) is 25.1 Å². The highest BCUT2D eigenvalue weighted by molar-refractivity contribution is 7.18. The molecular formula is C8H11N3O4S. The minimum Gasteiger partial charge on any atom is -0.386 e. The summed E-state index contributed by atoms with van der Waals surface area (Å²) in [6, 6.07) is 0. The van der Waals surface area contributed by atoms with Gasteiger partial charge in [-0.25, -0.2) is 4.98 Å². The molecule has 1 aromatic heterocycles. The Morgan fingerprint density at radius 2 is 2.62 bits per heavy atom. The lowest BCUT2D eigenvalue weighted by Crippen LogP contribution is -2.37. The van der Waals surface area contributed by atoms with Gasteiger partial charge >= 0.3 is 5.00 Å². The minimum absolute atomic E-state index is 0.0165. The average molecular weight is 245 g/mol. The van der Waals surface area contributed by atoms with Crippen LogP contribution in [0.1, 0.15) is 6.42 Å². The lowest BCUT2D eigenvalue weighted by Gasteiger charge is -2.19. The van der Waals surface area contributed by atoms with Crippen LogP contribution in [0.3, 0.4) is 0 Å². The van der Waals surface area contributed by atoms with Gasteiger partial charge in [0.25, 0.3) is 0 Å². The van der Waals surface area contributed by atoms with Gasteiger partial charge in [0.05, 0.1) is 11.5 Å². The number of aliphatic hydroxyl groups is 1. The van der Waals surface area contributed by atoms with E-state index in [1.54, 1.807) is 0 Å². The number of hydrogen-bond acceptors (Lipinski definition) is 7. The first kappa shape index (κ1) is 11.2. The lowest BCUT2D eigenvalue weighted by atomic mass is 10.0. The van der Waals surface area contributed by atoms with Crippen LogP contribution in [0.4, 0.5) is 10.1 Å². The van der Waals surface area contributed by atoms with Gasteiger partial charge in [-0.2, -0.15) is 0 Å². The molecule has 16 heavy (non-hydrogen) atoms.